The van der Waals surface area contributed by atoms with Crippen molar-refractivity contribution in [3.05, 3.63) is 58.7 Å². The van der Waals surface area contributed by atoms with Gasteiger partial charge in [0.1, 0.15) is 0 Å². The van der Waals surface area contributed by atoms with Gasteiger partial charge in [0, 0.05) is 5.56 Å². The molecule has 2 aromatic carbocycles. The molecule has 0 atom stereocenters. The summed E-state index contributed by atoms with van der Waals surface area (Å²) in [5.74, 6) is -0.112. The first-order valence-electron chi connectivity index (χ1n) is 6.50. The highest BCUT2D eigenvalue weighted by atomic mass is 19.4. The molecule has 0 aliphatic heterocycles. The van der Waals surface area contributed by atoms with Crippen LogP contribution in [0.5, 0.6) is 0 Å². The van der Waals surface area contributed by atoms with Crippen molar-refractivity contribution in [2.24, 2.45) is 0 Å². The second-order valence-electron chi connectivity index (χ2n) is 5.11. The van der Waals surface area contributed by atoms with E-state index in [0.29, 0.717) is 16.7 Å². The van der Waals surface area contributed by atoms with E-state index in [1.165, 1.54) is 19.9 Å². The maximum absolute atomic E-state index is 13.0. The molecule has 0 radical (unpaired) electrons. The van der Waals surface area contributed by atoms with Gasteiger partial charge in [0.05, 0.1) is 5.56 Å². The van der Waals surface area contributed by atoms with Crippen LogP contribution in [0, 0.1) is 13.8 Å². The van der Waals surface area contributed by atoms with Crippen molar-refractivity contribution in [2.45, 2.75) is 26.9 Å². The Bertz CT molecular complexity index is 700. The molecule has 4 heteroatoms. The summed E-state index contributed by atoms with van der Waals surface area (Å²) in [5.41, 5.74) is 1.97. The summed E-state index contributed by atoms with van der Waals surface area (Å²) in [7, 11) is 0. The number of halogens is 3. The molecule has 0 fully saturated rings. The lowest BCUT2D eigenvalue weighted by molar-refractivity contribution is -0.138. The van der Waals surface area contributed by atoms with Crippen molar-refractivity contribution in [1.29, 1.82) is 0 Å². The van der Waals surface area contributed by atoms with E-state index in [2.05, 4.69) is 0 Å². The summed E-state index contributed by atoms with van der Waals surface area (Å²) in [6, 6.07) is 9.32. The van der Waals surface area contributed by atoms with Gasteiger partial charge in [-0.2, -0.15) is 13.2 Å². The molecule has 0 spiro atoms. The van der Waals surface area contributed by atoms with Crippen LogP contribution in [0.4, 0.5) is 13.2 Å². The number of aryl methyl sites for hydroxylation is 2. The van der Waals surface area contributed by atoms with Crippen LogP contribution in [-0.2, 0) is 6.18 Å². The summed E-state index contributed by atoms with van der Waals surface area (Å²) < 4.78 is 39.0. The Labute approximate surface area is 121 Å². The van der Waals surface area contributed by atoms with E-state index in [4.69, 9.17) is 0 Å². The van der Waals surface area contributed by atoms with Crippen molar-refractivity contribution < 1.29 is 18.0 Å². The molecule has 110 valence electrons. The second-order valence-corrected chi connectivity index (χ2v) is 5.11. The molecule has 21 heavy (non-hydrogen) atoms. The molecule has 0 aliphatic rings. The Morgan fingerprint density at radius 3 is 2.14 bits per heavy atom. The van der Waals surface area contributed by atoms with Crippen LogP contribution >= 0.6 is 0 Å². The fraction of sp³-hybridized carbons (Fsp3) is 0.235. The van der Waals surface area contributed by atoms with Crippen molar-refractivity contribution >= 4 is 5.78 Å². The van der Waals surface area contributed by atoms with E-state index in [1.807, 2.05) is 6.92 Å². The molecule has 0 amide bonds. The summed E-state index contributed by atoms with van der Waals surface area (Å²) >= 11 is 0. The molecule has 0 saturated heterocycles. The van der Waals surface area contributed by atoms with Crippen LogP contribution in [-0.4, -0.2) is 5.78 Å². The van der Waals surface area contributed by atoms with Crippen LogP contribution in [0.15, 0.2) is 36.4 Å². The Morgan fingerprint density at radius 1 is 0.952 bits per heavy atom. The van der Waals surface area contributed by atoms with Crippen molar-refractivity contribution in [3.8, 4) is 11.1 Å². The standard InChI is InChI=1S/C17H15F3O/c1-10-4-6-13(12(3)21)8-15(10)14-7-5-11(2)16(9-14)17(18,19)20/h4-9H,1-3H3. The molecule has 0 saturated carbocycles. The van der Waals surface area contributed by atoms with Gasteiger partial charge in [-0.3, -0.25) is 4.79 Å². The van der Waals surface area contributed by atoms with Crippen LogP contribution < -0.4 is 0 Å². The van der Waals surface area contributed by atoms with E-state index in [1.54, 1.807) is 24.3 Å². The highest BCUT2D eigenvalue weighted by molar-refractivity contribution is 5.95. The Kier molecular flexibility index (Phi) is 3.90. The number of carbonyl (C=O) groups is 1. The average Bonchev–Trinajstić information content (AvgIpc) is 2.38. The number of Topliss-reactive ketones (excluding diaryl/α,β-unsaturated/α-hetero) is 1. The number of rotatable bonds is 2. The fourth-order valence-electron chi connectivity index (χ4n) is 2.25. The van der Waals surface area contributed by atoms with Crippen molar-refractivity contribution in [1.82, 2.24) is 0 Å². The first-order chi connectivity index (χ1) is 9.70. The van der Waals surface area contributed by atoms with E-state index in [-0.39, 0.29) is 11.3 Å². The SMILES string of the molecule is CC(=O)c1ccc(C)c(-c2ccc(C)c(C(F)(F)F)c2)c1. The fourth-order valence-corrected chi connectivity index (χ4v) is 2.25. The largest absolute Gasteiger partial charge is 0.416 e. The molecule has 2 aromatic rings. The Hall–Kier alpha value is -2.10. The lowest BCUT2D eigenvalue weighted by Crippen LogP contribution is -2.07. The second kappa shape index (κ2) is 5.35. The van der Waals surface area contributed by atoms with Crippen LogP contribution in [0.3, 0.4) is 0 Å². The monoisotopic (exact) mass is 292 g/mol. The molecule has 2 rings (SSSR count). The third-order valence-corrected chi connectivity index (χ3v) is 3.50. The highest BCUT2D eigenvalue weighted by Crippen LogP contribution is 2.35. The predicted molar refractivity (Wildman–Crippen MR) is 76.4 cm³/mol. The average molecular weight is 292 g/mol. The third-order valence-electron chi connectivity index (χ3n) is 3.50. The van der Waals surface area contributed by atoms with E-state index in [9.17, 15) is 18.0 Å². The minimum absolute atomic E-state index is 0.112. The topological polar surface area (TPSA) is 17.1 Å². The lowest BCUT2D eigenvalue weighted by atomic mass is 9.94. The van der Waals surface area contributed by atoms with Gasteiger partial charge in [0.15, 0.2) is 5.78 Å². The van der Waals surface area contributed by atoms with Crippen LogP contribution in [0.1, 0.15) is 34.0 Å². The molecule has 0 aromatic heterocycles. The zero-order valence-corrected chi connectivity index (χ0v) is 12.0. The third kappa shape index (κ3) is 3.15. The van der Waals surface area contributed by atoms with Gasteiger partial charge in [0.2, 0.25) is 0 Å². The molecule has 0 N–H and O–H groups in total. The maximum atomic E-state index is 13.0. The highest BCUT2D eigenvalue weighted by Gasteiger charge is 2.32. The van der Waals surface area contributed by atoms with Crippen LogP contribution in [0.2, 0.25) is 0 Å². The van der Waals surface area contributed by atoms with Gasteiger partial charge in [-0.05, 0) is 55.2 Å². The van der Waals surface area contributed by atoms with Gasteiger partial charge in [-0.1, -0.05) is 24.3 Å². The number of ketones is 1. The molecule has 0 heterocycles. The first-order valence-corrected chi connectivity index (χ1v) is 6.50. The van der Waals surface area contributed by atoms with Gasteiger partial charge in [-0.15, -0.1) is 0 Å². The van der Waals surface area contributed by atoms with Gasteiger partial charge < -0.3 is 0 Å². The summed E-state index contributed by atoms with van der Waals surface area (Å²) in [5, 5.41) is 0. The van der Waals surface area contributed by atoms with E-state index in [0.717, 1.165) is 11.6 Å². The van der Waals surface area contributed by atoms with Gasteiger partial charge in [-0.25, -0.2) is 0 Å². The zero-order valence-electron chi connectivity index (χ0n) is 12.0. The summed E-state index contributed by atoms with van der Waals surface area (Å²) in [6.07, 6.45) is -4.38. The zero-order chi connectivity index (χ0) is 15.8. The Balaban J connectivity index is 2.62. The minimum atomic E-state index is -4.38. The molecular formula is C17H15F3O. The number of alkyl halides is 3. The quantitative estimate of drug-likeness (QED) is 0.696. The van der Waals surface area contributed by atoms with E-state index < -0.39 is 11.7 Å². The van der Waals surface area contributed by atoms with Crippen LogP contribution in [0.25, 0.3) is 11.1 Å². The number of hydrogen-bond acceptors (Lipinski definition) is 1. The van der Waals surface area contributed by atoms with Gasteiger partial charge >= 0.3 is 6.18 Å². The first kappa shape index (κ1) is 15.3. The minimum Gasteiger partial charge on any atom is -0.295 e. The van der Waals surface area contributed by atoms with Gasteiger partial charge in [0.25, 0.3) is 0 Å². The molecule has 0 bridgehead atoms. The molecule has 0 aliphatic carbocycles. The van der Waals surface area contributed by atoms with E-state index >= 15 is 0 Å². The number of benzene rings is 2. The molecule has 0 unspecified atom stereocenters. The summed E-state index contributed by atoms with van der Waals surface area (Å²) in [6.45, 7) is 4.68. The van der Waals surface area contributed by atoms with Crippen molar-refractivity contribution in [3.63, 3.8) is 0 Å². The maximum Gasteiger partial charge on any atom is 0.416 e. The Morgan fingerprint density at radius 2 is 1.57 bits per heavy atom. The molecular weight excluding hydrogens is 277 g/mol. The van der Waals surface area contributed by atoms with Crippen molar-refractivity contribution in [2.75, 3.05) is 0 Å². The predicted octanol–water partition coefficient (Wildman–Crippen LogP) is 5.19. The smallest absolute Gasteiger partial charge is 0.295 e. The summed E-state index contributed by atoms with van der Waals surface area (Å²) in [4.78, 5) is 11.4. The molecule has 1 nitrogen and oxygen atoms in total. The normalized spacial score (nSPS) is 11.5. The number of hydrogen-bond donors (Lipinski definition) is 0. The number of carbonyl (C=O) groups excluding carboxylic acids is 1. The lowest BCUT2D eigenvalue weighted by Gasteiger charge is -2.14.